The van der Waals surface area contributed by atoms with Gasteiger partial charge in [0.15, 0.2) is 0 Å². The fourth-order valence-electron chi connectivity index (χ4n) is 7.23. The Labute approximate surface area is 296 Å². The zero-order chi connectivity index (χ0) is 35.5. The molecule has 1 atom stereocenters. The van der Waals surface area contributed by atoms with Gasteiger partial charge in [-0.15, -0.1) is 0 Å². The summed E-state index contributed by atoms with van der Waals surface area (Å²) in [4.78, 5) is 53.7. The third kappa shape index (κ3) is 7.39. The van der Waals surface area contributed by atoms with Gasteiger partial charge in [-0.2, -0.15) is 5.26 Å². The molecule has 2 saturated heterocycles. The smallest absolute Gasteiger partial charge is 0.457 e. The molecule has 0 aromatic heterocycles. The number of nitrogens with zero attached hydrogens (tertiary/aromatic N) is 3. The molecule has 4 amide bonds. The van der Waals surface area contributed by atoms with Crippen LogP contribution < -0.4 is 15.5 Å². The second kappa shape index (κ2) is 14.8. The van der Waals surface area contributed by atoms with Crippen molar-refractivity contribution in [3.8, 4) is 29.4 Å². The van der Waals surface area contributed by atoms with Crippen molar-refractivity contribution in [2.45, 2.75) is 70.6 Å². The van der Waals surface area contributed by atoms with E-state index in [9.17, 15) is 29.5 Å². The SMILES string of the molecule is N#Cc1ccc(CCCCC(=O)N2CCC(C#Cc3cccc4c3CN(C3CCC(=O)NC3=O)C4=O)CC2)c(Oc2ccc3c(c2)COB3O)c1. The zero-order valence-corrected chi connectivity index (χ0v) is 28.2. The van der Waals surface area contributed by atoms with Crippen molar-refractivity contribution in [1.29, 1.82) is 5.26 Å². The summed E-state index contributed by atoms with van der Waals surface area (Å²) in [5, 5.41) is 21.7. The number of amides is 4. The van der Waals surface area contributed by atoms with Crippen molar-refractivity contribution in [3.63, 3.8) is 0 Å². The highest BCUT2D eigenvalue weighted by Crippen LogP contribution is 2.31. The highest BCUT2D eigenvalue weighted by molar-refractivity contribution is 6.61. The lowest BCUT2D eigenvalue weighted by molar-refractivity contribution is -0.137. The van der Waals surface area contributed by atoms with Crippen molar-refractivity contribution in [2.24, 2.45) is 5.92 Å². The van der Waals surface area contributed by atoms with Crippen molar-refractivity contribution in [1.82, 2.24) is 15.1 Å². The lowest BCUT2D eigenvalue weighted by atomic mass is 9.80. The first-order valence-corrected chi connectivity index (χ1v) is 17.5. The maximum atomic E-state index is 13.1. The van der Waals surface area contributed by atoms with Crippen molar-refractivity contribution in [3.05, 3.63) is 88.0 Å². The third-order valence-corrected chi connectivity index (χ3v) is 10.1. The maximum Gasteiger partial charge on any atom is 0.491 e. The standard InChI is InChI=1S/C39H37BN4O7/c41-22-26-9-11-28(35(20-26)51-30-12-13-33-29(21-30)24-50-40(33)49)4-1-2-7-37(46)43-18-16-25(17-19-43)8-10-27-5-3-6-31-32(27)23-44(39(31)48)34-14-15-36(45)42-38(34)47/h3,5-6,9,11-13,20-21,25,34,49H,1-2,4,7,14-19,23-24H2,(H,42,45,47). The second-order valence-corrected chi connectivity index (χ2v) is 13.4. The van der Waals surface area contributed by atoms with Crippen LogP contribution in [0.1, 0.15) is 83.1 Å². The van der Waals surface area contributed by atoms with E-state index < -0.39 is 19.1 Å². The Morgan fingerprint density at radius 3 is 2.71 bits per heavy atom. The van der Waals surface area contributed by atoms with Crippen LogP contribution in [0.15, 0.2) is 54.6 Å². The van der Waals surface area contributed by atoms with Gasteiger partial charge in [0.05, 0.1) is 18.2 Å². The first kappa shape index (κ1) is 34.0. The van der Waals surface area contributed by atoms with Crippen molar-refractivity contribution in [2.75, 3.05) is 13.1 Å². The molecular weight excluding hydrogens is 647 g/mol. The molecular formula is C39H37BN4O7. The molecule has 0 aliphatic carbocycles. The number of benzene rings is 3. The minimum absolute atomic E-state index is 0.131. The van der Waals surface area contributed by atoms with Gasteiger partial charge in [0.2, 0.25) is 17.7 Å². The molecule has 2 fully saturated rings. The predicted molar refractivity (Wildman–Crippen MR) is 186 cm³/mol. The van der Waals surface area contributed by atoms with E-state index in [-0.39, 0.29) is 36.6 Å². The molecule has 0 bridgehead atoms. The predicted octanol–water partition coefficient (Wildman–Crippen LogP) is 3.33. The van der Waals surface area contributed by atoms with Crippen LogP contribution in [0.25, 0.3) is 0 Å². The van der Waals surface area contributed by atoms with E-state index in [2.05, 4.69) is 23.2 Å². The lowest BCUT2D eigenvalue weighted by Crippen LogP contribution is -2.52. The fourth-order valence-corrected chi connectivity index (χ4v) is 7.23. The molecule has 4 heterocycles. The number of carbonyl (C=O) groups is 4. The quantitative estimate of drug-likeness (QED) is 0.159. The minimum Gasteiger partial charge on any atom is -0.457 e. The Hall–Kier alpha value is -5.43. The highest BCUT2D eigenvalue weighted by Gasteiger charge is 2.39. The van der Waals surface area contributed by atoms with Gasteiger partial charge in [-0.05, 0) is 97.1 Å². The number of hydrogen-bond donors (Lipinski definition) is 2. The van der Waals surface area contributed by atoms with E-state index in [0.29, 0.717) is 61.6 Å². The molecule has 2 N–H and O–H groups in total. The second-order valence-electron chi connectivity index (χ2n) is 13.4. The number of hydrogen-bond acceptors (Lipinski definition) is 8. The normalized spacial score (nSPS) is 18.5. The molecule has 4 aliphatic heterocycles. The van der Waals surface area contributed by atoms with Crippen molar-refractivity contribution < 1.29 is 33.6 Å². The number of ether oxygens (including phenoxy) is 1. The van der Waals surface area contributed by atoms with Gasteiger partial charge in [-0.25, -0.2) is 0 Å². The molecule has 3 aromatic carbocycles. The van der Waals surface area contributed by atoms with Crippen LogP contribution in [-0.4, -0.2) is 64.7 Å². The summed E-state index contributed by atoms with van der Waals surface area (Å²) in [5.74, 6) is 7.17. The summed E-state index contributed by atoms with van der Waals surface area (Å²) in [6.07, 6.45) is 4.72. The topological polar surface area (TPSA) is 149 Å². The average molecular weight is 685 g/mol. The summed E-state index contributed by atoms with van der Waals surface area (Å²) in [5.41, 5.74) is 5.17. The fraction of sp³-hybridized carbons (Fsp3) is 0.359. The van der Waals surface area contributed by atoms with Gasteiger partial charge >= 0.3 is 7.12 Å². The van der Waals surface area contributed by atoms with E-state index >= 15 is 0 Å². The summed E-state index contributed by atoms with van der Waals surface area (Å²) < 4.78 is 11.5. The van der Waals surface area contributed by atoms with E-state index in [1.807, 2.05) is 29.2 Å². The van der Waals surface area contributed by atoms with Crippen molar-refractivity contribution >= 4 is 36.2 Å². The molecule has 12 heteroatoms. The largest absolute Gasteiger partial charge is 0.491 e. The van der Waals surface area contributed by atoms with Gasteiger partial charge in [-0.1, -0.05) is 30.0 Å². The molecule has 1 unspecified atom stereocenters. The number of rotatable bonds is 8. The minimum atomic E-state index is -0.924. The number of unbranched alkanes of at least 4 members (excludes halogenated alkanes) is 1. The third-order valence-electron chi connectivity index (χ3n) is 10.1. The number of nitrogens with one attached hydrogen (secondary N) is 1. The van der Waals surface area contributed by atoms with Crippen LogP contribution in [0.4, 0.5) is 0 Å². The van der Waals surface area contributed by atoms with Crippen LogP contribution in [-0.2, 0) is 38.6 Å². The summed E-state index contributed by atoms with van der Waals surface area (Å²) >= 11 is 0. The van der Waals surface area contributed by atoms with Crippen LogP contribution in [0.5, 0.6) is 11.5 Å². The molecule has 0 radical (unpaired) electrons. The number of piperidine rings is 2. The number of likely N-dealkylation sites (tertiary alicyclic amines) is 1. The average Bonchev–Trinajstić information content (AvgIpc) is 3.68. The van der Waals surface area contributed by atoms with E-state index in [0.717, 1.165) is 53.4 Å². The highest BCUT2D eigenvalue weighted by atomic mass is 16.5. The zero-order valence-electron chi connectivity index (χ0n) is 28.2. The Morgan fingerprint density at radius 1 is 1.06 bits per heavy atom. The molecule has 51 heavy (non-hydrogen) atoms. The van der Waals surface area contributed by atoms with Gasteiger partial charge in [0, 0.05) is 49.5 Å². The summed E-state index contributed by atoms with van der Waals surface area (Å²) in [7, 11) is -0.924. The van der Waals surface area contributed by atoms with E-state index in [1.54, 1.807) is 30.3 Å². The monoisotopic (exact) mass is 684 g/mol. The maximum absolute atomic E-state index is 13.1. The number of imide groups is 1. The first-order valence-electron chi connectivity index (χ1n) is 17.5. The van der Waals surface area contributed by atoms with E-state index in [4.69, 9.17) is 9.39 Å². The molecule has 7 rings (SSSR count). The summed E-state index contributed by atoms with van der Waals surface area (Å²) in [6, 6.07) is 17.8. The molecule has 3 aromatic rings. The number of nitriles is 1. The van der Waals surface area contributed by atoms with Crippen LogP contribution >= 0.6 is 0 Å². The van der Waals surface area contributed by atoms with E-state index in [1.165, 1.54) is 4.90 Å². The summed E-state index contributed by atoms with van der Waals surface area (Å²) in [6.45, 7) is 1.88. The Morgan fingerprint density at radius 2 is 1.90 bits per heavy atom. The lowest BCUT2D eigenvalue weighted by Gasteiger charge is -2.30. The van der Waals surface area contributed by atoms with Gasteiger partial charge in [0.1, 0.15) is 17.5 Å². The number of fused-ring (bicyclic) bond motifs is 2. The molecule has 11 nitrogen and oxygen atoms in total. The first-order chi connectivity index (χ1) is 24.8. The van der Waals surface area contributed by atoms with Crippen LogP contribution in [0, 0.1) is 29.1 Å². The molecule has 258 valence electrons. The van der Waals surface area contributed by atoms with Gasteiger partial charge < -0.3 is 24.2 Å². The number of aryl methyl sites for hydroxylation is 1. The Kier molecular flexibility index (Phi) is 9.89. The van der Waals surface area contributed by atoms with Gasteiger partial charge in [0.25, 0.3) is 5.91 Å². The molecule has 0 spiro atoms. The Balaban J connectivity index is 0.889. The van der Waals surface area contributed by atoms with Gasteiger partial charge in [-0.3, -0.25) is 24.5 Å². The number of carbonyl (C=O) groups excluding carboxylic acids is 4. The molecule has 4 aliphatic rings. The Bertz CT molecular complexity index is 2010. The van der Waals surface area contributed by atoms with Crippen LogP contribution in [0.2, 0.25) is 0 Å². The molecule has 0 saturated carbocycles. The van der Waals surface area contributed by atoms with Crippen LogP contribution in [0.3, 0.4) is 0 Å².